The van der Waals surface area contributed by atoms with Crippen LogP contribution in [0.2, 0.25) is 0 Å². The van der Waals surface area contributed by atoms with Crippen molar-refractivity contribution in [2.45, 2.75) is 18.5 Å². The Kier molecular flexibility index (Phi) is 5.09. The van der Waals surface area contributed by atoms with Gasteiger partial charge >= 0.3 is 0 Å². The molecule has 2 atom stereocenters. The minimum absolute atomic E-state index is 0.116. The van der Waals surface area contributed by atoms with Crippen molar-refractivity contribution in [3.63, 3.8) is 0 Å². The maximum atomic E-state index is 14.0. The number of anilines is 1. The van der Waals surface area contributed by atoms with Gasteiger partial charge in [-0.3, -0.25) is 9.79 Å². The Morgan fingerprint density at radius 1 is 1.24 bits per heavy atom. The summed E-state index contributed by atoms with van der Waals surface area (Å²) in [5, 5.41) is 3.22. The number of halogens is 1. The number of alkyl halides is 1. The van der Waals surface area contributed by atoms with Crippen LogP contribution in [0, 0.1) is 0 Å². The van der Waals surface area contributed by atoms with Crippen LogP contribution in [0.5, 0.6) is 0 Å². The van der Waals surface area contributed by atoms with E-state index in [4.69, 9.17) is 11.5 Å². The third-order valence-corrected chi connectivity index (χ3v) is 4.48. The molecule has 0 aliphatic carbocycles. The van der Waals surface area contributed by atoms with E-state index in [-0.39, 0.29) is 11.5 Å². The normalized spacial score (nSPS) is 20.7. The zero-order valence-corrected chi connectivity index (χ0v) is 13.8. The predicted molar refractivity (Wildman–Crippen MR) is 98.2 cm³/mol. The summed E-state index contributed by atoms with van der Waals surface area (Å²) in [6.45, 7) is 1.38. The molecule has 5 N–H and O–H groups in total. The summed E-state index contributed by atoms with van der Waals surface area (Å²) in [5.41, 5.74) is 14.1. The van der Waals surface area contributed by atoms with E-state index in [0.717, 1.165) is 17.8 Å². The third kappa shape index (κ3) is 3.85. The summed E-state index contributed by atoms with van der Waals surface area (Å²) >= 11 is 0. The Hall–Kier alpha value is -2.73. The molecule has 6 heteroatoms. The zero-order valence-electron chi connectivity index (χ0n) is 13.8. The maximum absolute atomic E-state index is 14.0. The fraction of sp³-hybridized carbons (Fsp3) is 0.263. The van der Waals surface area contributed by atoms with Crippen molar-refractivity contribution in [2.75, 3.05) is 18.8 Å². The first-order valence-corrected chi connectivity index (χ1v) is 8.23. The average molecular weight is 340 g/mol. The second kappa shape index (κ2) is 7.44. The van der Waals surface area contributed by atoms with Gasteiger partial charge in [0.05, 0.1) is 16.9 Å². The molecule has 1 saturated heterocycles. The molecule has 0 bridgehead atoms. The highest BCUT2D eigenvalue weighted by atomic mass is 19.1. The van der Waals surface area contributed by atoms with Gasteiger partial charge < -0.3 is 16.8 Å². The lowest BCUT2D eigenvalue weighted by molar-refractivity contribution is 0.100. The minimum Gasteiger partial charge on any atom is -0.398 e. The van der Waals surface area contributed by atoms with E-state index in [1.807, 2.05) is 24.3 Å². The first kappa shape index (κ1) is 17.1. The van der Waals surface area contributed by atoms with E-state index in [0.29, 0.717) is 24.2 Å². The molecule has 1 aliphatic heterocycles. The molecular weight excluding hydrogens is 319 g/mol. The number of amides is 1. The first-order chi connectivity index (χ1) is 12.1. The quantitative estimate of drug-likeness (QED) is 0.590. The zero-order chi connectivity index (χ0) is 17.8. The van der Waals surface area contributed by atoms with Gasteiger partial charge in [0.15, 0.2) is 0 Å². The van der Waals surface area contributed by atoms with Crippen LogP contribution >= 0.6 is 0 Å². The van der Waals surface area contributed by atoms with Crippen LogP contribution in [0.1, 0.15) is 33.8 Å². The van der Waals surface area contributed by atoms with Gasteiger partial charge in [-0.05, 0) is 36.7 Å². The number of nitrogens with one attached hydrogen (secondary N) is 1. The lowest BCUT2D eigenvalue weighted by Gasteiger charge is -2.27. The highest BCUT2D eigenvalue weighted by Crippen LogP contribution is 2.28. The summed E-state index contributed by atoms with van der Waals surface area (Å²) < 4.78 is 14.0. The summed E-state index contributed by atoms with van der Waals surface area (Å²) in [5.74, 6) is -0.686. The van der Waals surface area contributed by atoms with Crippen molar-refractivity contribution in [2.24, 2.45) is 10.7 Å². The van der Waals surface area contributed by atoms with Crippen LogP contribution in [-0.2, 0) is 0 Å². The van der Waals surface area contributed by atoms with Crippen LogP contribution in [0.3, 0.4) is 0 Å². The van der Waals surface area contributed by atoms with Crippen LogP contribution < -0.4 is 16.8 Å². The van der Waals surface area contributed by atoms with Crippen LogP contribution in [0.25, 0.3) is 0 Å². The summed E-state index contributed by atoms with van der Waals surface area (Å²) in [7, 11) is 0. The number of nitrogens with zero attached hydrogens (tertiary/aromatic N) is 1. The average Bonchev–Trinajstić information content (AvgIpc) is 2.61. The molecule has 2 aromatic rings. The monoisotopic (exact) mass is 340 g/mol. The number of carbonyl (C=O) groups is 1. The van der Waals surface area contributed by atoms with Crippen molar-refractivity contribution >= 4 is 23.5 Å². The summed E-state index contributed by atoms with van der Waals surface area (Å²) in [6.07, 6.45) is 1.32. The fourth-order valence-electron chi connectivity index (χ4n) is 3.02. The fourth-order valence-corrected chi connectivity index (χ4v) is 3.02. The van der Waals surface area contributed by atoms with Gasteiger partial charge in [-0.2, -0.15) is 0 Å². The standard InChI is InChI=1S/C19H21FN4O/c20-17-8-9-23-11-16(17)12-4-6-14(7-5-12)24-10-13-2-1-3-15(18(13)21)19(22)25/h1-7,10,16-17,23H,8-9,11,21H2,(H2,22,25). The molecule has 0 aromatic heterocycles. The molecule has 25 heavy (non-hydrogen) atoms. The number of aliphatic imine (C=N–C) groups is 1. The number of para-hydroxylation sites is 1. The van der Waals surface area contributed by atoms with E-state index < -0.39 is 12.1 Å². The highest BCUT2D eigenvalue weighted by Gasteiger charge is 2.25. The highest BCUT2D eigenvalue weighted by molar-refractivity contribution is 6.02. The number of nitrogen functional groups attached to an aromatic ring is 1. The summed E-state index contributed by atoms with van der Waals surface area (Å²) in [4.78, 5) is 15.7. The number of benzene rings is 2. The number of nitrogens with two attached hydrogens (primary N) is 2. The molecule has 2 unspecified atom stereocenters. The van der Waals surface area contributed by atoms with Gasteiger partial charge in [0.2, 0.25) is 0 Å². The van der Waals surface area contributed by atoms with E-state index in [9.17, 15) is 9.18 Å². The number of hydrogen-bond donors (Lipinski definition) is 3. The number of rotatable bonds is 4. The van der Waals surface area contributed by atoms with Crippen molar-refractivity contribution in [3.8, 4) is 0 Å². The molecular formula is C19H21FN4O. The Morgan fingerprint density at radius 2 is 2.00 bits per heavy atom. The Morgan fingerprint density at radius 3 is 2.68 bits per heavy atom. The second-order valence-corrected chi connectivity index (χ2v) is 6.14. The number of hydrogen-bond acceptors (Lipinski definition) is 4. The number of primary amides is 1. The largest absolute Gasteiger partial charge is 0.398 e. The number of carbonyl (C=O) groups excluding carboxylic acids is 1. The maximum Gasteiger partial charge on any atom is 0.250 e. The second-order valence-electron chi connectivity index (χ2n) is 6.14. The Labute approximate surface area is 145 Å². The topological polar surface area (TPSA) is 93.5 Å². The molecule has 1 aliphatic rings. The van der Waals surface area contributed by atoms with Crippen molar-refractivity contribution in [3.05, 3.63) is 59.2 Å². The molecule has 1 fully saturated rings. The molecule has 5 nitrogen and oxygen atoms in total. The number of piperidine rings is 1. The summed E-state index contributed by atoms with van der Waals surface area (Å²) in [6, 6.07) is 12.6. The predicted octanol–water partition coefficient (Wildman–Crippen LogP) is 2.53. The van der Waals surface area contributed by atoms with E-state index >= 15 is 0 Å². The smallest absolute Gasteiger partial charge is 0.250 e. The minimum atomic E-state index is -0.813. The lowest BCUT2D eigenvalue weighted by atomic mass is 9.90. The lowest BCUT2D eigenvalue weighted by Crippen LogP contribution is -2.36. The van der Waals surface area contributed by atoms with Gasteiger partial charge in [-0.15, -0.1) is 0 Å². The Balaban J connectivity index is 1.76. The van der Waals surface area contributed by atoms with Gasteiger partial charge in [0.25, 0.3) is 5.91 Å². The van der Waals surface area contributed by atoms with E-state index in [1.54, 1.807) is 24.4 Å². The van der Waals surface area contributed by atoms with Gasteiger partial charge in [0, 0.05) is 24.2 Å². The molecule has 0 radical (unpaired) electrons. The van der Waals surface area contributed by atoms with E-state index in [2.05, 4.69) is 10.3 Å². The molecule has 3 rings (SSSR count). The molecule has 0 spiro atoms. The van der Waals surface area contributed by atoms with Gasteiger partial charge in [-0.25, -0.2) is 4.39 Å². The van der Waals surface area contributed by atoms with E-state index in [1.165, 1.54) is 0 Å². The molecule has 2 aromatic carbocycles. The van der Waals surface area contributed by atoms with Crippen LogP contribution in [0.15, 0.2) is 47.5 Å². The van der Waals surface area contributed by atoms with Gasteiger partial charge in [0.1, 0.15) is 6.17 Å². The molecule has 130 valence electrons. The van der Waals surface area contributed by atoms with Gasteiger partial charge in [-0.1, -0.05) is 24.3 Å². The van der Waals surface area contributed by atoms with Crippen molar-refractivity contribution < 1.29 is 9.18 Å². The molecule has 0 saturated carbocycles. The molecule has 1 heterocycles. The van der Waals surface area contributed by atoms with Crippen molar-refractivity contribution in [1.29, 1.82) is 0 Å². The third-order valence-electron chi connectivity index (χ3n) is 4.48. The first-order valence-electron chi connectivity index (χ1n) is 8.23. The molecule has 1 amide bonds. The SMILES string of the molecule is NC(=O)c1cccc(C=Nc2ccc(C3CNCCC3F)cc2)c1N. The van der Waals surface area contributed by atoms with Crippen LogP contribution in [-0.4, -0.2) is 31.4 Å². The Bertz CT molecular complexity index is 789. The van der Waals surface area contributed by atoms with Crippen LogP contribution in [0.4, 0.5) is 15.8 Å². The van der Waals surface area contributed by atoms with Crippen molar-refractivity contribution in [1.82, 2.24) is 5.32 Å².